The molecule has 0 fully saturated rings. The van der Waals surface area contributed by atoms with E-state index in [2.05, 4.69) is 29.0 Å². The van der Waals surface area contributed by atoms with Gasteiger partial charge in [0.15, 0.2) is 5.82 Å². The van der Waals surface area contributed by atoms with Crippen molar-refractivity contribution >= 4 is 40.1 Å². The summed E-state index contributed by atoms with van der Waals surface area (Å²) in [6.45, 7) is 8.04. The second-order valence-corrected chi connectivity index (χ2v) is 6.66. The third-order valence-corrected chi connectivity index (χ3v) is 4.95. The molecule has 5 nitrogen and oxygen atoms in total. The number of halogens is 2. The molecule has 0 aliphatic heterocycles. The zero-order chi connectivity index (χ0) is 18.5. The summed E-state index contributed by atoms with van der Waals surface area (Å²) in [5.41, 5.74) is 2.85. The van der Waals surface area contributed by atoms with Crippen LogP contribution in [0.5, 0.6) is 0 Å². The van der Waals surface area contributed by atoms with Crippen molar-refractivity contribution in [2.75, 3.05) is 31.5 Å². The molecular formula is C19H21Cl2N5. The van der Waals surface area contributed by atoms with Gasteiger partial charge in [-0.3, -0.25) is 4.98 Å². The van der Waals surface area contributed by atoms with Gasteiger partial charge in [0, 0.05) is 19.3 Å². The second-order valence-electron chi connectivity index (χ2n) is 5.84. The molecule has 0 aliphatic rings. The van der Waals surface area contributed by atoms with E-state index in [1.807, 2.05) is 18.2 Å². The van der Waals surface area contributed by atoms with Crippen LogP contribution >= 0.6 is 23.2 Å². The van der Waals surface area contributed by atoms with Crippen LogP contribution in [-0.2, 0) is 0 Å². The Hall–Kier alpha value is -1.95. The molecule has 26 heavy (non-hydrogen) atoms. The first-order valence-corrected chi connectivity index (χ1v) is 9.42. The molecule has 0 spiro atoms. The van der Waals surface area contributed by atoms with Crippen molar-refractivity contribution < 1.29 is 0 Å². The molecule has 0 saturated carbocycles. The molecule has 1 aromatic carbocycles. The number of pyridine rings is 1. The molecule has 3 aromatic rings. The predicted octanol–water partition coefficient (Wildman–Crippen LogP) is 4.75. The Morgan fingerprint density at radius 1 is 1.00 bits per heavy atom. The van der Waals surface area contributed by atoms with Crippen molar-refractivity contribution in [2.45, 2.75) is 13.8 Å². The van der Waals surface area contributed by atoms with Crippen LogP contribution in [0.3, 0.4) is 0 Å². The van der Waals surface area contributed by atoms with Crippen LogP contribution in [0.1, 0.15) is 13.8 Å². The van der Waals surface area contributed by atoms with Crippen LogP contribution in [0, 0.1) is 0 Å². The summed E-state index contributed by atoms with van der Waals surface area (Å²) in [7, 11) is 0. The van der Waals surface area contributed by atoms with E-state index >= 15 is 0 Å². The molecule has 136 valence electrons. The lowest BCUT2D eigenvalue weighted by molar-refractivity contribution is 0.316. The largest absolute Gasteiger partial charge is 0.367 e. The SMILES string of the molecule is CCN(CC)CCNc1nc2cc(Cl)c(Cl)cc2nc1-c1ccccn1. The molecular weight excluding hydrogens is 369 g/mol. The first kappa shape index (κ1) is 18.8. The van der Waals surface area contributed by atoms with E-state index in [0.717, 1.165) is 31.9 Å². The summed E-state index contributed by atoms with van der Waals surface area (Å²) in [5.74, 6) is 0.696. The minimum absolute atomic E-state index is 0.461. The van der Waals surface area contributed by atoms with Crippen LogP contribution in [0.25, 0.3) is 22.4 Å². The molecule has 0 unspecified atom stereocenters. The van der Waals surface area contributed by atoms with E-state index in [0.29, 0.717) is 32.6 Å². The van der Waals surface area contributed by atoms with Gasteiger partial charge >= 0.3 is 0 Å². The number of likely N-dealkylation sites (N-methyl/N-ethyl adjacent to an activating group) is 1. The van der Waals surface area contributed by atoms with E-state index in [1.54, 1.807) is 18.3 Å². The second kappa shape index (κ2) is 8.62. The van der Waals surface area contributed by atoms with E-state index in [-0.39, 0.29) is 0 Å². The van der Waals surface area contributed by atoms with E-state index in [4.69, 9.17) is 33.2 Å². The van der Waals surface area contributed by atoms with Gasteiger partial charge in [-0.2, -0.15) is 0 Å². The highest BCUT2D eigenvalue weighted by Gasteiger charge is 2.14. The number of hydrogen-bond acceptors (Lipinski definition) is 5. The molecule has 1 N–H and O–H groups in total. The first-order valence-electron chi connectivity index (χ1n) is 8.66. The predicted molar refractivity (Wildman–Crippen MR) is 109 cm³/mol. The Labute approximate surface area is 163 Å². The maximum absolute atomic E-state index is 6.14. The van der Waals surface area contributed by atoms with Crippen LogP contribution in [0.15, 0.2) is 36.5 Å². The van der Waals surface area contributed by atoms with Gasteiger partial charge < -0.3 is 10.2 Å². The van der Waals surface area contributed by atoms with Crippen molar-refractivity contribution in [3.63, 3.8) is 0 Å². The molecule has 7 heteroatoms. The summed E-state index contributed by atoms with van der Waals surface area (Å²) in [4.78, 5) is 16.2. The first-order chi connectivity index (χ1) is 12.6. The van der Waals surface area contributed by atoms with Gasteiger partial charge in [0.2, 0.25) is 0 Å². The molecule has 0 bridgehead atoms. The molecule has 2 heterocycles. The third kappa shape index (κ3) is 4.23. The Bertz CT molecular complexity index is 882. The summed E-state index contributed by atoms with van der Waals surface area (Å²) in [6, 6.07) is 9.20. The van der Waals surface area contributed by atoms with Crippen molar-refractivity contribution in [1.29, 1.82) is 0 Å². The summed E-state index contributed by atoms with van der Waals surface area (Å²) >= 11 is 12.3. The van der Waals surface area contributed by atoms with Crippen LogP contribution in [0.2, 0.25) is 10.0 Å². The topological polar surface area (TPSA) is 53.9 Å². The molecule has 0 saturated heterocycles. The van der Waals surface area contributed by atoms with Crippen molar-refractivity contribution in [3.8, 4) is 11.4 Å². The van der Waals surface area contributed by atoms with E-state index in [1.165, 1.54) is 0 Å². The van der Waals surface area contributed by atoms with Gasteiger partial charge in [-0.25, -0.2) is 9.97 Å². The number of aromatic nitrogens is 3. The van der Waals surface area contributed by atoms with Gasteiger partial charge in [-0.1, -0.05) is 43.1 Å². The fourth-order valence-electron chi connectivity index (χ4n) is 2.73. The summed E-state index contributed by atoms with van der Waals surface area (Å²) < 4.78 is 0. The highest BCUT2D eigenvalue weighted by Crippen LogP contribution is 2.30. The smallest absolute Gasteiger partial charge is 0.155 e. The van der Waals surface area contributed by atoms with Gasteiger partial charge in [-0.15, -0.1) is 0 Å². The van der Waals surface area contributed by atoms with Gasteiger partial charge in [-0.05, 0) is 37.4 Å². The number of nitrogens with zero attached hydrogens (tertiary/aromatic N) is 4. The van der Waals surface area contributed by atoms with E-state index < -0.39 is 0 Å². The normalized spacial score (nSPS) is 11.3. The fraction of sp³-hybridized carbons (Fsp3) is 0.316. The maximum atomic E-state index is 6.14. The summed E-state index contributed by atoms with van der Waals surface area (Å²) in [5, 5.41) is 4.33. The Balaban J connectivity index is 1.99. The van der Waals surface area contributed by atoms with Crippen molar-refractivity contribution in [1.82, 2.24) is 19.9 Å². The molecule has 2 aromatic heterocycles. The lowest BCUT2D eigenvalue weighted by Gasteiger charge is -2.19. The number of anilines is 1. The van der Waals surface area contributed by atoms with Crippen molar-refractivity contribution in [2.24, 2.45) is 0 Å². The number of rotatable bonds is 7. The zero-order valence-corrected chi connectivity index (χ0v) is 16.3. The Morgan fingerprint density at radius 3 is 2.31 bits per heavy atom. The quantitative estimate of drug-likeness (QED) is 0.631. The third-order valence-electron chi connectivity index (χ3n) is 4.23. The minimum Gasteiger partial charge on any atom is -0.367 e. The van der Waals surface area contributed by atoms with Gasteiger partial charge in [0.05, 0.1) is 26.8 Å². The van der Waals surface area contributed by atoms with E-state index in [9.17, 15) is 0 Å². The van der Waals surface area contributed by atoms with Crippen molar-refractivity contribution in [3.05, 3.63) is 46.6 Å². The number of hydrogen-bond donors (Lipinski definition) is 1. The van der Waals surface area contributed by atoms with Gasteiger partial charge in [0.25, 0.3) is 0 Å². The number of fused-ring (bicyclic) bond motifs is 1. The zero-order valence-electron chi connectivity index (χ0n) is 14.8. The Kier molecular flexibility index (Phi) is 6.25. The van der Waals surface area contributed by atoms with Gasteiger partial charge in [0.1, 0.15) is 5.69 Å². The molecule has 0 aliphatic carbocycles. The minimum atomic E-state index is 0.461. The molecule has 0 amide bonds. The van der Waals surface area contributed by atoms with Crippen LogP contribution in [0.4, 0.5) is 5.82 Å². The standard InChI is InChI=1S/C19H21Cl2N5/c1-3-26(4-2)10-9-23-19-18(15-7-5-6-8-22-15)24-16-11-13(20)14(21)12-17(16)25-19/h5-8,11-12H,3-4,9-10H2,1-2H3,(H,23,25). The lowest BCUT2D eigenvalue weighted by atomic mass is 10.2. The molecule has 0 atom stereocenters. The highest BCUT2D eigenvalue weighted by atomic mass is 35.5. The maximum Gasteiger partial charge on any atom is 0.155 e. The average molecular weight is 390 g/mol. The van der Waals surface area contributed by atoms with Crippen LogP contribution in [-0.4, -0.2) is 46.0 Å². The molecule has 0 radical (unpaired) electrons. The number of benzene rings is 1. The molecule has 3 rings (SSSR count). The monoisotopic (exact) mass is 389 g/mol. The average Bonchev–Trinajstić information content (AvgIpc) is 2.66. The lowest BCUT2D eigenvalue weighted by Crippen LogP contribution is -2.29. The fourth-order valence-corrected chi connectivity index (χ4v) is 3.04. The number of nitrogens with one attached hydrogen (secondary N) is 1. The Morgan fingerprint density at radius 2 is 1.69 bits per heavy atom. The summed E-state index contributed by atoms with van der Waals surface area (Å²) in [6.07, 6.45) is 1.75. The highest BCUT2D eigenvalue weighted by molar-refractivity contribution is 6.42. The van der Waals surface area contributed by atoms with Crippen LogP contribution < -0.4 is 5.32 Å².